The number of hydrogen-bond donors (Lipinski definition) is 2. The molecule has 3 N–H and O–H groups in total. The highest BCUT2D eigenvalue weighted by molar-refractivity contribution is 5.95. The topological polar surface area (TPSA) is 107 Å². The van der Waals surface area contributed by atoms with Crippen molar-refractivity contribution in [2.45, 2.75) is 13.0 Å². The molecule has 0 aliphatic heterocycles. The van der Waals surface area contributed by atoms with Gasteiger partial charge in [-0.3, -0.25) is 9.78 Å². The lowest BCUT2D eigenvalue weighted by Crippen LogP contribution is -2.07. The third-order valence-electron chi connectivity index (χ3n) is 3.26. The summed E-state index contributed by atoms with van der Waals surface area (Å²) in [4.78, 5) is 24.2. The second-order valence-corrected chi connectivity index (χ2v) is 4.92. The fourth-order valence-electron chi connectivity index (χ4n) is 2.11. The van der Waals surface area contributed by atoms with E-state index in [0.717, 1.165) is 16.9 Å². The summed E-state index contributed by atoms with van der Waals surface area (Å²) in [7, 11) is 0. The van der Waals surface area contributed by atoms with Crippen LogP contribution in [-0.2, 0) is 13.0 Å². The normalized spacial score (nSPS) is 10.4. The third-order valence-corrected chi connectivity index (χ3v) is 3.26. The summed E-state index contributed by atoms with van der Waals surface area (Å²) < 4.78 is 4.82. The smallest absolute Gasteiger partial charge is 0.188 e. The van der Waals surface area contributed by atoms with Crippen molar-refractivity contribution in [2.75, 3.05) is 11.1 Å². The van der Waals surface area contributed by atoms with Crippen molar-refractivity contribution < 1.29 is 9.21 Å². The van der Waals surface area contributed by atoms with Crippen molar-refractivity contribution in [3.8, 4) is 0 Å². The van der Waals surface area contributed by atoms with E-state index in [2.05, 4.69) is 20.3 Å². The molecule has 0 aromatic carbocycles. The number of ketones is 1. The van der Waals surface area contributed by atoms with Crippen LogP contribution < -0.4 is 11.1 Å². The molecule has 7 heteroatoms. The highest BCUT2D eigenvalue weighted by atomic mass is 16.3. The maximum atomic E-state index is 12.0. The molecule has 3 heterocycles. The Morgan fingerprint density at radius 3 is 2.91 bits per heavy atom. The number of carbonyl (C=O) groups excluding carboxylic acids is 1. The molecule has 0 aliphatic carbocycles. The minimum atomic E-state index is -0.0969. The number of carbonyl (C=O) groups is 1. The number of nitrogen functional groups attached to an aromatic ring is 1. The third kappa shape index (κ3) is 3.70. The molecule has 7 nitrogen and oxygen atoms in total. The van der Waals surface area contributed by atoms with E-state index in [9.17, 15) is 4.79 Å². The monoisotopic (exact) mass is 309 g/mol. The molecule has 23 heavy (non-hydrogen) atoms. The number of hydrogen-bond acceptors (Lipinski definition) is 7. The van der Waals surface area contributed by atoms with Crippen LogP contribution in [0.2, 0.25) is 0 Å². The maximum absolute atomic E-state index is 12.0. The molecule has 0 amide bonds. The molecule has 0 bridgehead atoms. The van der Waals surface area contributed by atoms with E-state index in [-0.39, 0.29) is 12.2 Å². The van der Waals surface area contributed by atoms with Gasteiger partial charge in [0, 0.05) is 18.8 Å². The van der Waals surface area contributed by atoms with Crippen LogP contribution in [0.4, 0.5) is 11.5 Å². The van der Waals surface area contributed by atoms with Crippen LogP contribution in [0, 0.1) is 0 Å². The van der Waals surface area contributed by atoms with Crippen molar-refractivity contribution in [3.63, 3.8) is 0 Å². The Balaban J connectivity index is 1.65. The van der Waals surface area contributed by atoms with Crippen molar-refractivity contribution in [3.05, 3.63) is 66.3 Å². The average Bonchev–Trinajstić information content (AvgIpc) is 3.09. The van der Waals surface area contributed by atoms with Crippen LogP contribution >= 0.6 is 0 Å². The van der Waals surface area contributed by atoms with Crippen LogP contribution in [0.3, 0.4) is 0 Å². The molecule has 0 unspecified atom stereocenters. The molecule has 3 aromatic heterocycles. The Morgan fingerprint density at radius 1 is 1.22 bits per heavy atom. The zero-order valence-corrected chi connectivity index (χ0v) is 12.3. The predicted octanol–water partition coefficient (Wildman–Crippen LogP) is 2.08. The summed E-state index contributed by atoms with van der Waals surface area (Å²) in [5.41, 5.74) is 8.52. The number of pyridine rings is 2. The number of anilines is 2. The minimum absolute atomic E-state index is 0.0969. The first kappa shape index (κ1) is 14.7. The van der Waals surface area contributed by atoms with Gasteiger partial charge in [0.1, 0.15) is 17.8 Å². The number of rotatable bonds is 6. The van der Waals surface area contributed by atoms with E-state index in [1.807, 2.05) is 12.1 Å². The molecule has 0 aliphatic rings. The van der Waals surface area contributed by atoms with Gasteiger partial charge in [-0.15, -0.1) is 0 Å². The number of nitrogens with one attached hydrogen (secondary N) is 1. The summed E-state index contributed by atoms with van der Waals surface area (Å²) in [6.45, 7) is 0.488. The first-order valence-corrected chi connectivity index (χ1v) is 7.02. The number of aromatic nitrogens is 3. The fourth-order valence-corrected chi connectivity index (χ4v) is 2.11. The Morgan fingerprint density at radius 2 is 2.13 bits per heavy atom. The number of Topliss-reactive ketones (excluding diaryl/α,β-unsaturated/α-hetero) is 1. The number of oxazole rings is 1. The van der Waals surface area contributed by atoms with Gasteiger partial charge in [-0.1, -0.05) is 0 Å². The molecule has 0 saturated heterocycles. The summed E-state index contributed by atoms with van der Waals surface area (Å²) in [6.07, 6.45) is 6.14. The van der Waals surface area contributed by atoms with E-state index in [1.165, 1.54) is 12.7 Å². The van der Waals surface area contributed by atoms with E-state index in [0.29, 0.717) is 18.1 Å². The fraction of sp³-hybridized carbons (Fsp3) is 0.125. The molecule has 116 valence electrons. The van der Waals surface area contributed by atoms with Gasteiger partial charge in [-0.2, -0.15) is 0 Å². The van der Waals surface area contributed by atoms with Gasteiger partial charge in [0.2, 0.25) is 0 Å². The molecule has 0 saturated carbocycles. The van der Waals surface area contributed by atoms with Crippen LogP contribution in [0.5, 0.6) is 0 Å². The van der Waals surface area contributed by atoms with E-state index in [1.54, 1.807) is 24.5 Å². The summed E-state index contributed by atoms with van der Waals surface area (Å²) in [6, 6.07) is 7.33. The van der Waals surface area contributed by atoms with Crippen LogP contribution in [0.15, 0.2) is 53.7 Å². The Bertz CT molecular complexity index is 802. The van der Waals surface area contributed by atoms with E-state index in [4.69, 9.17) is 10.2 Å². The number of nitrogens with zero attached hydrogens (tertiary/aromatic N) is 3. The Hall–Kier alpha value is -3.22. The molecule has 0 radical (unpaired) electrons. The Kier molecular flexibility index (Phi) is 4.28. The van der Waals surface area contributed by atoms with Crippen LogP contribution in [0.1, 0.15) is 21.7 Å². The highest BCUT2D eigenvalue weighted by Gasteiger charge is 2.10. The van der Waals surface area contributed by atoms with Gasteiger partial charge < -0.3 is 15.5 Å². The first-order chi connectivity index (χ1) is 11.2. The van der Waals surface area contributed by atoms with Crippen molar-refractivity contribution in [1.29, 1.82) is 0 Å². The zero-order chi connectivity index (χ0) is 16.1. The second kappa shape index (κ2) is 6.69. The predicted molar refractivity (Wildman–Crippen MR) is 84.8 cm³/mol. The average molecular weight is 309 g/mol. The molecular formula is C16H15N5O2. The van der Waals surface area contributed by atoms with Crippen molar-refractivity contribution in [1.82, 2.24) is 15.0 Å². The summed E-state index contributed by atoms with van der Waals surface area (Å²) in [5, 5.41) is 3.18. The minimum Gasteiger partial charge on any atom is -0.451 e. The lowest BCUT2D eigenvalue weighted by atomic mass is 10.1. The zero-order valence-electron chi connectivity index (χ0n) is 12.3. The SMILES string of the molecule is Nc1ncccc1NCc1cc(CC(=O)c2cocn2)ccn1. The van der Waals surface area contributed by atoms with Gasteiger partial charge in [0.05, 0.1) is 17.9 Å². The van der Waals surface area contributed by atoms with Crippen LogP contribution in [0.25, 0.3) is 0 Å². The van der Waals surface area contributed by atoms with Gasteiger partial charge in [0.15, 0.2) is 12.2 Å². The molecule has 0 atom stereocenters. The second-order valence-electron chi connectivity index (χ2n) is 4.92. The standard InChI is InChI=1S/C16H15N5O2/c17-16-13(2-1-4-19-16)20-8-12-6-11(3-5-18-12)7-15(22)14-9-23-10-21-14/h1-6,9-10,20H,7-8H2,(H2,17,19). The van der Waals surface area contributed by atoms with Crippen LogP contribution in [-0.4, -0.2) is 20.7 Å². The van der Waals surface area contributed by atoms with E-state index >= 15 is 0 Å². The van der Waals surface area contributed by atoms with E-state index < -0.39 is 0 Å². The van der Waals surface area contributed by atoms with Gasteiger partial charge in [-0.05, 0) is 29.8 Å². The molecular weight excluding hydrogens is 294 g/mol. The number of nitrogens with two attached hydrogens (primary N) is 1. The van der Waals surface area contributed by atoms with Gasteiger partial charge in [0.25, 0.3) is 0 Å². The first-order valence-electron chi connectivity index (χ1n) is 7.02. The molecule has 0 spiro atoms. The lowest BCUT2D eigenvalue weighted by molar-refractivity contribution is 0.0988. The Labute approximate surface area is 132 Å². The highest BCUT2D eigenvalue weighted by Crippen LogP contribution is 2.15. The van der Waals surface area contributed by atoms with Gasteiger partial charge in [-0.25, -0.2) is 9.97 Å². The lowest BCUT2D eigenvalue weighted by Gasteiger charge is -2.08. The maximum Gasteiger partial charge on any atom is 0.188 e. The van der Waals surface area contributed by atoms with Gasteiger partial charge >= 0.3 is 0 Å². The van der Waals surface area contributed by atoms with Crippen molar-refractivity contribution >= 4 is 17.3 Å². The quantitative estimate of drug-likeness (QED) is 0.671. The van der Waals surface area contributed by atoms with Crippen molar-refractivity contribution in [2.24, 2.45) is 0 Å². The molecule has 0 fully saturated rings. The summed E-state index contributed by atoms with van der Waals surface area (Å²) in [5.74, 6) is 0.338. The molecule has 3 rings (SSSR count). The molecule has 3 aromatic rings. The summed E-state index contributed by atoms with van der Waals surface area (Å²) >= 11 is 0. The largest absolute Gasteiger partial charge is 0.451 e.